The molecule has 0 saturated carbocycles. The van der Waals surface area contributed by atoms with Gasteiger partial charge in [-0.05, 0) is 18.2 Å². The fraction of sp³-hybridized carbons (Fsp3) is 0.100. The van der Waals surface area contributed by atoms with Crippen molar-refractivity contribution in [2.24, 2.45) is 0 Å². The number of halogens is 1. The number of ether oxygens (including phenoxy) is 1. The molecular formula is C10H9ClN2O. The molecular weight excluding hydrogens is 200 g/mol. The lowest BCUT2D eigenvalue weighted by molar-refractivity contribution is 0.412. The van der Waals surface area contributed by atoms with Crippen molar-refractivity contribution in [1.29, 1.82) is 0 Å². The highest BCUT2D eigenvalue weighted by Gasteiger charge is 2.08. The number of methoxy groups -OCH3 is 1. The molecule has 0 unspecified atom stereocenters. The van der Waals surface area contributed by atoms with Crippen LogP contribution in [-0.4, -0.2) is 16.9 Å². The van der Waals surface area contributed by atoms with Gasteiger partial charge in [-0.25, -0.2) is 4.68 Å². The number of nitrogens with zero attached hydrogens (tertiary/aromatic N) is 2. The van der Waals surface area contributed by atoms with Gasteiger partial charge in [0.25, 0.3) is 0 Å². The van der Waals surface area contributed by atoms with Crippen molar-refractivity contribution >= 4 is 11.6 Å². The number of hydrogen-bond donors (Lipinski definition) is 0. The molecule has 1 aromatic heterocycles. The largest absolute Gasteiger partial charge is 0.493 e. The van der Waals surface area contributed by atoms with Crippen molar-refractivity contribution < 1.29 is 4.74 Å². The van der Waals surface area contributed by atoms with Crippen LogP contribution >= 0.6 is 11.6 Å². The Kier molecular flexibility index (Phi) is 2.41. The van der Waals surface area contributed by atoms with E-state index in [1.54, 1.807) is 24.1 Å². The minimum absolute atomic E-state index is 0.584. The third-order valence-electron chi connectivity index (χ3n) is 1.90. The maximum atomic E-state index is 5.98. The van der Waals surface area contributed by atoms with Gasteiger partial charge in [-0.2, -0.15) is 5.10 Å². The topological polar surface area (TPSA) is 27.1 Å². The minimum Gasteiger partial charge on any atom is -0.493 e. The van der Waals surface area contributed by atoms with Crippen molar-refractivity contribution in [2.45, 2.75) is 0 Å². The molecule has 2 aromatic rings. The van der Waals surface area contributed by atoms with Crippen LogP contribution in [0.2, 0.25) is 5.02 Å². The van der Waals surface area contributed by atoms with Crippen LogP contribution in [0.15, 0.2) is 36.7 Å². The molecule has 1 aromatic carbocycles. The summed E-state index contributed by atoms with van der Waals surface area (Å²) in [6.07, 6.45) is 3.55. The standard InChI is InChI=1S/C10H9ClN2O/c1-14-10-8(11)4-2-5-9(10)13-7-3-6-12-13/h2-7H,1H3. The maximum Gasteiger partial charge on any atom is 0.163 e. The normalized spacial score (nSPS) is 10.1. The second-order valence-corrected chi connectivity index (χ2v) is 3.15. The molecule has 14 heavy (non-hydrogen) atoms. The lowest BCUT2D eigenvalue weighted by atomic mass is 10.3. The Labute approximate surface area is 86.9 Å². The summed E-state index contributed by atoms with van der Waals surface area (Å²) in [5.74, 6) is 0.637. The van der Waals surface area contributed by atoms with E-state index in [0.29, 0.717) is 10.8 Å². The van der Waals surface area contributed by atoms with Gasteiger partial charge in [0.05, 0.1) is 12.1 Å². The zero-order valence-corrected chi connectivity index (χ0v) is 8.40. The van der Waals surface area contributed by atoms with Crippen LogP contribution < -0.4 is 4.74 Å². The molecule has 0 bridgehead atoms. The van der Waals surface area contributed by atoms with Crippen molar-refractivity contribution in [1.82, 2.24) is 9.78 Å². The van der Waals surface area contributed by atoms with Gasteiger partial charge in [-0.15, -0.1) is 0 Å². The molecule has 3 nitrogen and oxygen atoms in total. The van der Waals surface area contributed by atoms with Gasteiger partial charge in [-0.3, -0.25) is 0 Å². The molecule has 4 heteroatoms. The van der Waals surface area contributed by atoms with E-state index in [1.807, 2.05) is 24.4 Å². The summed E-state index contributed by atoms with van der Waals surface area (Å²) in [6.45, 7) is 0. The van der Waals surface area contributed by atoms with Gasteiger partial charge in [0.1, 0.15) is 5.69 Å². The summed E-state index contributed by atoms with van der Waals surface area (Å²) in [5, 5.41) is 4.70. The first kappa shape index (κ1) is 9.09. The van der Waals surface area contributed by atoms with Crippen LogP contribution in [-0.2, 0) is 0 Å². The van der Waals surface area contributed by atoms with E-state index in [1.165, 1.54) is 0 Å². The molecule has 2 rings (SSSR count). The van der Waals surface area contributed by atoms with E-state index in [2.05, 4.69) is 5.10 Å². The van der Waals surface area contributed by atoms with Gasteiger partial charge in [0, 0.05) is 12.4 Å². The number of benzene rings is 1. The first-order valence-corrected chi connectivity index (χ1v) is 4.53. The molecule has 0 aliphatic heterocycles. The van der Waals surface area contributed by atoms with Crippen LogP contribution in [0.5, 0.6) is 5.75 Å². The van der Waals surface area contributed by atoms with E-state index >= 15 is 0 Å². The lowest BCUT2D eigenvalue weighted by Crippen LogP contribution is -1.98. The Balaban J connectivity index is 2.58. The van der Waals surface area contributed by atoms with Gasteiger partial charge in [0.2, 0.25) is 0 Å². The van der Waals surface area contributed by atoms with Crippen molar-refractivity contribution in [3.8, 4) is 11.4 Å². The minimum atomic E-state index is 0.584. The Morgan fingerprint density at radius 1 is 1.36 bits per heavy atom. The molecule has 0 saturated heterocycles. The van der Waals surface area contributed by atoms with Crippen LogP contribution in [0, 0.1) is 0 Å². The quantitative estimate of drug-likeness (QED) is 0.759. The van der Waals surface area contributed by atoms with E-state index in [9.17, 15) is 0 Å². The van der Waals surface area contributed by atoms with Crippen LogP contribution in [0.1, 0.15) is 0 Å². The molecule has 0 spiro atoms. The molecule has 1 heterocycles. The highest BCUT2D eigenvalue weighted by molar-refractivity contribution is 6.32. The number of hydrogen-bond acceptors (Lipinski definition) is 2. The Morgan fingerprint density at radius 2 is 2.21 bits per heavy atom. The van der Waals surface area contributed by atoms with E-state index in [0.717, 1.165) is 5.69 Å². The van der Waals surface area contributed by atoms with Gasteiger partial charge < -0.3 is 4.74 Å². The first-order chi connectivity index (χ1) is 6.83. The fourth-order valence-electron chi connectivity index (χ4n) is 1.29. The van der Waals surface area contributed by atoms with Gasteiger partial charge in [0.15, 0.2) is 5.75 Å². The fourth-order valence-corrected chi connectivity index (χ4v) is 1.54. The summed E-state index contributed by atoms with van der Waals surface area (Å²) in [4.78, 5) is 0. The molecule has 0 N–H and O–H groups in total. The summed E-state index contributed by atoms with van der Waals surface area (Å²) < 4.78 is 6.92. The van der Waals surface area contributed by atoms with Crippen molar-refractivity contribution in [3.05, 3.63) is 41.7 Å². The second-order valence-electron chi connectivity index (χ2n) is 2.74. The van der Waals surface area contributed by atoms with E-state index < -0.39 is 0 Å². The van der Waals surface area contributed by atoms with Gasteiger partial charge >= 0.3 is 0 Å². The molecule has 0 amide bonds. The van der Waals surface area contributed by atoms with E-state index in [-0.39, 0.29) is 0 Å². The maximum absolute atomic E-state index is 5.98. The Morgan fingerprint density at radius 3 is 2.86 bits per heavy atom. The zero-order valence-electron chi connectivity index (χ0n) is 7.64. The number of rotatable bonds is 2. The summed E-state index contributed by atoms with van der Waals surface area (Å²) in [6, 6.07) is 7.40. The smallest absolute Gasteiger partial charge is 0.163 e. The third-order valence-corrected chi connectivity index (χ3v) is 2.20. The van der Waals surface area contributed by atoms with Crippen molar-refractivity contribution in [3.63, 3.8) is 0 Å². The predicted molar refractivity (Wildman–Crippen MR) is 55.1 cm³/mol. The first-order valence-electron chi connectivity index (χ1n) is 4.15. The summed E-state index contributed by atoms with van der Waals surface area (Å²) >= 11 is 5.98. The lowest BCUT2D eigenvalue weighted by Gasteiger charge is -2.09. The van der Waals surface area contributed by atoms with E-state index in [4.69, 9.17) is 16.3 Å². The highest BCUT2D eigenvalue weighted by atomic mass is 35.5. The average molecular weight is 209 g/mol. The molecule has 0 aliphatic carbocycles. The summed E-state index contributed by atoms with van der Waals surface area (Å²) in [7, 11) is 1.59. The molecule has 0 radical (unpaired) electrons. The van der Waals surface area contributed by atoms with Crippen molar-refractivity contribution in [2.75, 3.05) is 7.11 Å². The number of aromatic nitrogens is 2. The second kappa shape index (κ2) is 3.72. The summed E-state index contributed by atoms with van der Waals surface area (Å²) in [5.41, 5.74) is 0.838. The monoisotopic (exact) mass is 208 g/mol. The average Bonchev–Trinajstić information content (AvgIpc) is 2.70. The third kappa shape index (κ3) is 1.46. The number of para-hydroxylation sites is 1. The predicted octanol–water partition coefficient (Wildman–Crippen LogP) is 2.53. The zero-order chi connectivity index (χ0) is 9.97. The Hall–Kier alpha value is -1.48. The SMILES string of the molecule is COc1c(Cl)cccc1-n1cccn1. The van der Waals surface area contributed by atoms with Crippen LogP contribution in [0.25, 0.3) is 5.69 Å². The molecule has 0 fully saturated rings. The molecule has 0 atom stereocenters. The molecule has 72 valence electrons. The van der Waals surface area contributed by atoms with Gasteiger partial charge in [-0.1, -0.05) is 17.7 Å². The highest BCUT2D eigenvalue weighted by Crippen LogP contribution is 2.30. The Bertz CT molecular complexity index is 426. The van der Waals surface area contributed by atoms with Crippen LogP contribution in [0.4, 0.5) is 0 Å². The van der Waals surface area contributed by atoms with Crippen LogP contribution in [0.3, 0.4) is 0 Å². The molecule has 0 aliphatic rings.